The number of furan rings is 1. The maximum atomic E-state index is 12.5. The number of aryl methyl sites for hydroxylation is 2. The molecule has 1 amide bonds. The average Bonchev–Trinajstić information content (AvgIpc) is 2.73. The first-order valence-electron chi connectivity index (χ1n) is 7.58. The fourth-order valence-corrected chi connectivity index (χ4v) is 2.98. The van der Waals surface area contributed by atoms with Crippen LogP contribution in [0.25, 0.3) is 0 Å². The van der Waals surface area contributed by atoms with Crippen LogP contribution in [-0.2, 0) is 0 Å². The summed E-state index contributed by atoms with van der Waals surface area (Å²) in [5.41, 5.74) is 2.51. The van der Waals surface area contributed by atoms with E-state index in [1.54, 1.807) is 0 Å². The first-order valence-corrected chi connectivity index (χ1v) is 7.96. The number of amides is 1. The van der Waals surface area contributed by atoms with Crippen molar-refractivity contribution in [3.8, 4) is 0 Å². The second kappa shape index (κ2) is 7.20. The number of carbonyl (C=O) groups is 1. The van der Waals surface area contributed by atoms with Crippen LogP contribution in [0.2, 0.25) is 5.02 Å². The van der Waals surface area contributed by atoms with Crippen LogP contribution in [0.15, 0.2) is 28.7 Å². The van der Waals surface area contributed by atoms with Gasteiger partial charge in [-0.2, -0.15) is 0 Å². The van der Waals surface area contributed by atoms with Gasteiger partial charge in [0.1, 0.15) is 11.5 Å². The van der Waals surface area contributed by atoms with Crippen LogP contribution >= 0.6 is 11.6 Å². The molecule has 0 radical (unpaired) electrons. The number of carbonyl (C=O) groups excluding carboxylic acids is 1. The molecule has 4 nitrogen and oxygen atoms in total. The van der Waals surface area contributed by atoms with Crippen molar-refractivity contribution in [2.45, 2.75) is 26.8 Å². The standard InChI is InChI=1S/C18H23ClN2O2/c1-11-12(2)23-13(3)17(11)18(22)20-10-16(21(4)5)14-8-6-7-9-15(14)19/h6-9,16H,10H2,1-5H3,(H,20,22). The molecule has 124 valence electrons. The lowest BCUT2D eigenvalue weighted by Gasteiger charge is -2.26. The lowest BCUT2D eigenvalue weighted by Crippen LogP contribution is -2.35. The average molecular weight is 335 g/mol. The molecule has 0 aliphatic carbocycles. The van der Waals surface area contributed by atoms with Crippen molar-refractivity contribution in [1.82, 2.24) is 10.2 Å². The molecular formula is C18H23ClN2O2. The molecule has 0 aliphatic rings. The summed E-state index contributed by atoms with van der Waals surface area (Å²) in [6.07, 6.45) is 0. The number of likely N-dealkylation sites (N-methyl/N-ethyl adjacent to an activating group) is 1. The van der Waals surface area contributed by atoms with Gasteiger partial charge in [0.15, 0.2) is 0 Å². The SMILES string of the molecule is Cc1oc(C)c(C(=O)NCC(c2ccccc2Cl)N(C)C)c1C. The molecule has 1 unspecified atom stereocenters. The second-order valence-electron chi connectivity index (χ2n) is 5.93. The molecular weight excluding hydrogens is 312 g/mol. The Hall–Kier alpha value is -1.78. The van der Waals surface area contributed by atoms with Crippen molar-refractivity contribution in [2.75, 3.05) is 20.6 Å². The van der Waals surface area contributed by atoms with Gasteiger partial charge in [-0.15, -0.1) is 0 Å². The Morgan fingerprint density at radius 2 is 1.87 bits per heavy atom. The van der Waals surface area contributed by atoms with Crippen LogP contribution in [0.5, 0.6) is 0 Å². The Labute approximate surface area is 142 Å². The maximum Gasteiger partial charge on any atom is 0.255 e. The van der Waals surface area contributed by atoms with E-state index in [9.17, 15) is 4.79 Å². The minimum atomic E-state index is -0.115. The van der Waals surface area contributed by atoms with Crippen molar-refractivity contribution >= 4 is 17.5 Å². The van der Waals surface area contributed by atoms with Crippen molar-refractivity contribution in [2.24, 2.45) is 0 Å². The maximum absolute atomic E-state index is 12.5. The van der Waals surface area contributed by atoms with Crippen LogP contribution in [0.4, 0.5) is 0 Å². The monoisotopic (exact) mass is 334 g/mol. The Bertz CT molecular complexity index is 707. The Morgan fingerprint density at radius 1 is 1.22 bits per heavy atom. The molecule has 23 heavy (non-hydrogen) atoms. The lowest BCUT2D eigenvalue weighted by atomic mass is 10.1. The number of hydrogen-bond acceptors (Lipinski definition) is 3. The van der Waals surface area contributed by atoms with Crippen molar-refractivity contribution < 1.29 is 9.21 Å². The fourth-order valence-electron chi connectivity index (χ4n) is 2.72. The van der Waals surface area contributed by atoms with Gasteiger partial charge in [-0.25, -0.2) is 0 Å². The summed E-state index contributed by atoms with van der Waals surface area (Å²) < 4.78 is 5.53. The molecule has 0 bridgehead atoms. The van der Waals surface area contributed by atoms with E-state index in [1.807, 2.05) is 64.0 Å². The molecule has 1 atom stereocenters. The van der Waals surface area contributed by atoms with E-state index in [-0.39, 0.29) is 11.9 Å². The van der Waals surface area contributed by atoms with E-state index in [2.05, 4.69) is 5.32 Å². The summed E-state index contributed by atoms with van der Waals surface area (Å²) in [4.78, 5) is 14.6. The van der Waals surface area contributed by atoms with Crippen LogP contribution in [0.1, 0.15) is 39.0 Å². The number of hydrogen-bond donors (Lipinski definition) is 1. The molecule has 0 saturated carbocycles. The molecule has 0 saturated heterocycles. The van der Waals surface area contributed by atoms with Crippen molar-refractivity contribution in [3.63, 3.8) is 0 Å². The van der Waals surface area contributed by atoms with Gasteiger partial charge in [-0.3, -0.25) is 4.79 Å². The zero-order valence-corrected chi connectivity index (χ0v) is 15.0. The Balaban J connectivity index is 2.17. The second-order valence-corrected chi connectivity index (χ2v) is 6.33. The van der Waals surface area contributed by atoms with Gasteiger partial charge < -0.3 is 14.6 Å². The molecule has 0 fully saturated rings. The highest BCUT2D eigenvalue weighted by Crippen LogP contribution is 2.26. The van der Waals surface area contributed by atoms with E-state index in [1.165, 1.54) is 0 Å². The van der Waals surface area contributed by atoms with Gasteiger partial charge in [0.2, 0.25) is 0 Å². The summed E-state index contributed by atoms with van der Waals surface area (Å²) in [7, 11) is 3.94. The fraction of sp³-hybridized carbons (Fsp3) is 0.389. The third-order valence-corrected chi connectivity index (χ3v) is 4.48. The number of nitrogens with one attached hydrogen (secondary N) is 1. The largest absolute Gasteiger partial charge is 0.466 e. The number of benzene rings is 1. The first-order chi connectivity index (χ1) is 10.8. The van der Waals surface area contributed by atoms with Crippen LogP contribution in [0, 0.1) is 20.8 Å². The highest BCUT2D eigenvalue weighted by atomic mass is 35.5. The zero-order chi connectivity index (χ0) is 17.1. The number of rotatable bonds is 5. The molecule has 0 aliphatic heterocycles. The Morgan fingerprint density at radius 3 is 2.39 bits per heavy atom. The summed E-state index contributed by atoms with van der Waals surface area (Å²) in [6, 6.07) is 7.70. The summed E-state index contributed by atoms with van der Waals surface area (Å²) in [6.45, 7) is 6.05. The first kappa shape index (κ1) is 17.6. The summed E-state index contributed by atoms with van der Waals surface area (Å²) in [5, 5.41) is 3.70. The molecule has 1 aromatic carbocycles. The third kappa shape index (κ3) is 3.77. The predicted octanol–water partition coefficient (Wildman–Crippen LogP) is 3.89. The van der Waals surface area contributed by atoms with Crippen LogP contribution < -0.4 is 5.32 Å². The van der Waals surface area contributed by atoms with E-state index < -0.39 is 0 Å². The summed E-state index contributed by atoms with van der Waals surface area (Å²) >= 11 is 6.29. The smallest absolute Gasteiger partial charge is 0.255 e. The molecule has 1 aromatic heterocycles. The highest BCUT2D eigenvalue weighted by molar-refractivity contribution is 6.31. The highest BCUT2D eigenvalue weighted by Gasteiger charge is 2.21. The van der Waals surface area contributed by atoms with Gasteiger partial charge in [-0.05, 0) is 46.5 Å². The van der Waals surface area contributed by atoms with E-state index in [0.717, 1.165) is 16.9 Å². The molecule has 1 N–H and O–H groups in total. The predicted molar refractivity (Wildman–Crippen MR) is 93.1 cm³/mol. The van der Waals surface area contributed by atoms with Crippen molar-refractivity contribution in [1.29, 1.82) is 0 Å². The van der Waals surface area contributed by atoms with Crippen LogP contribution in [-0.4, -0.2) is 31.4 Å². The topological polar surface area (TPSA) is 45.5 Å². The van der Waals surface area contributed by atoms with E-state index in [0.29, 0.717) is 22.9 Å². The van der Waals surface area contributed by atoms with E-state index in [4.69, 9.17) is 16.0 Å². The van der Waals surface area contributed by atoms with Crippen LogP contribution in [0.3, 0.4) is 0 Å². The number of nitrogens with zero attached hydrogens (tertiary/aromatic N) is 1. The van der Waals surface area contributed by atoms with Crippen molar-refractivity contribution in [3.05, 3.63) is 57.5 Å². The number of halogens is 1. The minimum Gasteiger partial charge on any atom is -0.466 e. The molecule has 2 aromatic rings. The third-order valence-electron chi connectivity index (χ3n) is 4.13. The zero-order valence-electron chi connectivity index (χ0n) is 14.2. The minimum absolute atomic E-state index is 0.00117. The van der Waals surface area contributed by atoms with E-state index >= 15 is 0 Å². The van der Waals surface area contributed by atoms with Gasteiger partial charge in [-0.1, -0.05) is 29.8 Å². The van der Waals surface area contributed by atoms with Gasteiger partial charge in [0.05, 0.1) is 11.6 Å². The molecule has 0 spiro atoms. The van der Waals surface area contributed by atoms with Gasteiger partial charge in [0, 0.05) is 17.1 Å². The van der Waals surface area contributed by atoms with Gasteiger partial charge in [0.25, 0.3) is 5.91 Å². The molecule has 1 heterocycles. The lowest BCUT2D eigenvalue weighted by molar-refractivity contribution is 0.0940. The quantitative estimate of drug-likeness (QED) is 0.902. The normalized spacial score (nSPS) is 12.5. The summed E-state index contributed by atoms with van der Waals surface area (Å²) in [5.74, 6) is 1.32. The molecule has 2 rings (SSSR count). The molecule has 5 heteroatoms. The Kier molecular flexibility index (Phi) is 5.50. The van der Waals surface area contributed by atoms with Gasteiger partial charge >= 0.3 is 0 Å².